The van der Waals surface area contributed by atoms with E-state index in [0.29, 0.717) is 28.0 Å². The predicted molar refractivity (Wildman–Crippen MR) is 105 cm³/mol. The average molecular weight is 439 g/mol. The van der Waals surface area contributed by atoms with Gasteiger partial charge in [-0.3, -0.25) is 9.10 Å². The van der Waals surface area contributed by atoms with E-state index in [1.54, 1.807) is 24.3 Å². The highest BCUT2D eigenvalue weighted by atomic mass is 79.9. The van der Waals surface area contributed by atoms with E-state index in [4.69, 9.17) is 0 Å². The average Bonchev–Trinajstić information content (AvgIpc) is 2.81. The number of halogens is 1. The zero-order valence-corrected chi connectivity index (χ0v) is 17.0. The van der Waals surface area contributed by atoms with Crippen molar-refractivity contribution in [1.82, 2.24) is 0 Å². The normalized spacial score (nSPS) is 15.6. The standard InChI is InChI=1S/C18H19BrN2O4S/c1-18(2)10-21(26(3,24)25)15-9-11(8-14(19)16(15)18)17(23)20-12-4-6-13(22)7-5-12/h4-9,22H,10H2,1-3H3,(H,20,23). The molecule has 0 saturated heterocycles. The van der Waals surface area contributed by atoms with Gasteiger partial charge in [-0.05, 0) is 42.0 Å². The topological polar surface area (TPSA) is 86.7 Å². The lowest BCUT2D eigenvalue weighted by molar-refractivity contribution is 0.102. The van der Waals surface area contributed by atoms with Crippen LogP contribution in [0.4, 0.5) is 11.4 Å². The predicted octanol–water partition coefficient (Wildman–Crippen LogP) is 3.46. The highest BCUT2D eigenvalue weighted by Crippen LogP contribution is 2.46. The molecule has 0 aromatic heterocycles. The van der Waals surface area contributed by atoms with Crippen LogP contribution in [0, 0.1) is 0 Å². The number of nitrogens with one attached hydrogen (secondary N) is 1. The fourth-order valence-corrected chi connectivity index (χ4v) is 5.20. The molecule has 0 saturated carbocycles. The third kappa shape index (κ3) is 3.43. The van der Waals surface area contributed by atoms with Gasteiger partial charge in [0.1, 0.15) is 5.75 Å². The van der Waals surface area contributed by atoms with Gasteiger partial charge in [-0.1, -0.05) is 29.8 Å². The summed E-state index contributed by atoms with van der Waals surface area (Å²) in [5.74, 6) is -0.258. The van der Waals surface area contributed by atoms with Gasteiger partial charge in [0.2, 0.25) is 10.0 Å². The number of phenols is 1. The van der Waals surface area contributed by atoms with Crippen LogP contribution in [-0.2, 0) is 15.4 Å². The molecular formula is C18H19BrN2O4S. The van der Waals surface area contributed by atoms with Crippen LogP contribution < -0.4 is 9.62 Å². The Balaban J connectivity index is 2.02. The maximum atomic E-state index is 12.6. The number of carbonyl (C=O) groups excluding carboxylic acids is 1. The molecule has 0 spiro atoms. The van der Waals surface area contributed by atoms with Crippen LogP contribution in [-0.4, -0.2) is 32.2 Å². The fourth-order valence-electron chi connectivity index (χ4n) is 3.16. The second-order valence-electron chi connectivity index (χ2n) is 7.01. The lowest BCUT2D eigenvalue weighted by Crippen LogP contribution is -2.33. The van der Waals surface area contributed by atoms with Gasteiger partial charge in [-0.15, -0.1) is 0 Å². The highest BCUT2D eigenvalue weighted by Gasteiger charge is 2.41. The molecule has 1 aliphatic rings. The third-order valence-electron chi connectivity index (χ3n) is 4.34. The first kappa shape index (κ1) is 18.7. The SMILES string of the molecule is CC1(C)CN(S(C)(=O)=O)c2cc(C(=O)Nc3ccc(O)cc3)cc(Br)c21. The first-order valence-corrected chi connectivity index (χ1v) is 10.6. The van der Waals surface area contributed by atoms with Crippen LogP contribution >= 0.6 is 15.9 Å². The maximum absolute atomic E-state index is 12.6. The summed E-state index contributed by atoms with van der Waals surface area (Å²) in [6, 6.07) is 9.42. The maximum Gasteiger partial charge on any atom is 0.255 e. The van der Waals surface area contributed by atoms with E-state index in [1.807, 2.05) is 13.8 Å². The molecule has 138 valence electrons. The highest BCUT2D eigenvalue weighted by molar-refractivity contribution is 9.10. The van der Waals surface area contributed by atoms with E-state index in [1.165, 1.54) is 16.4 Å². The van der Waals surface area contributed by atoms with Crippen LogP contribution in [0.2, 0.25) is 0 Å². The van der Waals surface area contributed by atoms with Crippen molar-refractivity contribution < 1.29 is 18.3 Å². The first-order valence-electron chi connectivity index (χ1n) is 7.91. The van der Waals surface area contributed by atoms with Gasteiger partial charge in [0, 0.05) is 27.7 Å². The minimum absolute atomic E-state index is 0.106. The fraction of sp³-hybridized carbons (Fsp3) is 0.278. The summed E-state index contributed by atoms with van der Waals surface area (Å²) in [4.78, 5) is 12.6. The van der Waals surface area contributed by atoms with Crippen LogP contribution in [0.25, 0.3) is 0 Å². The summed E-state index contributed by atoms with van der Waals surface area (Å²) in [6.45, 7) is 4.26. The second kappa shape index (κ2) is 6.28. The Hall–Kier alpha value is -2.06. The molecule has 1 heterocycles. The van der Waals surface area contributed by atoms with E-state index in [0.717, 1.165) is 11.8 Å². The Labute approximate surface area is 161 Å². The van der Waals surface area contributed by atoms with Gasteiger partial charge in [0.15, 0.2) is 0 Å². The zero-order valence-electron chi connectivity index (χ0n) is 14.6. The molecule has 2 N–H and O–H groups in total. The first-order chi connectivity index (χ1) is 12.0. The Morgan fingerprint density at radius 3 is 2.42 bits per heavy atom. The van der Waals surface area contributed by atoms with E-state index >= 15 is 0 Å². The molecule has 8 heteroatoms. The number of amides is 1. The summed E-state index contributed by atoms with van der Waals surface area (Å²) in [5, 5.41) is 12.1. The lowest BCUT2D eigenvalue weighted by atomic mass is 9.86. The Bertz CT molecular complexity index is 985. The molecule has 0 aliphatic carbocycles. The van der Waals surface area contributed by atoms with Crippen molar-refractivity contribution in [3.8, 4) is 5.75 Å². The summed E-state index contributed by atoms with van der Waals surface area (Å²) < 4.78 is 26.4. The summed E-state index contributed by atoms with van der Waals surface area (Å²) in [7, 11) is -3.46. The van der Waals surface area contributed by atoms with Gasteiger partial charge in [-0.2, -0.15) is 0 Å². The molecule has 1 aliphatic heterocycles. The van der Waals surface area contributed by atoms with Crippen molar-refractivity contribution in [1.29, 1.82) is 0 Å². The molecule has 0 atom stereocenters. The number of sulfonamides is 1. The molecule has 3 rings (SSSR count). The minimum atomic E-state index is -3.46. The molecule has 6 nitrogen and oxygen atoms in total. The molecule has 0 bridgehead atoms. The van der Waals surface area contributed by atoms with Gasteiger partial charge in [-0.25, -0.2) is 8.42 Å². The summed E-state index contributed by atoms with van der Waals surface area (Å²) >= 11 is 3.50. The molecule has 0 fully saturated rings. The van der Waals surface area contributed by atoms with E-state index in [-0.39, 0.29) is 17.1 Å². The van der Waals surface area contributed by atoms with E-state index in [9.17, 15) is 18.3 Å². The molecular weight excluding hydrogens is 420 g/mol. The van der Waals surface area contributed by atoms with Crippen molar-refractivity contribution in [2.45, 2.75) is 19.3 Å². The quantitative estimate of drug-likeness (QED) is 0.718. The number of benzene rings is 2. The minimum Gasteiger partial charge on any atom is -0.508 e. The smallest absolute Gasteiger partial charge is 0.255 e. The van der Waals surface area contributed by atoms with E-state index in [2.05, 4.69) is 21.2 Å². The Morgan fingerprint density at radius 1 is 1.23 bits per heavy atom. The van der Waals surface area contributed by atoms with Crippen molar-refractivity contribution in [3.63, 3.8) is 0 Å². The number of nitrogens with zero attached hydrogens (tertiary/aromatic N) is 1. The largest absolute Gasteiger partial charge is 0.508 e. The number of hydrogen-bond acceptors (Lipinski definition) is 4. The van der Waals surface area contributed by atoms with Crippen molar-refractivity contribution in [3.05, 3.63) is 52.0 Å². The lowest BCUT2D eigenvalue weighted by Gasteiger charge is -2.20. The number of fused-ring (bicyclic) bond motifs is 1. The number of anilines is 2. The van der Waals surface area contributed by atoms with Gasteiger partial charge < -0.3 is 10.4 Å². The monoisotopic (exact) mass is 438 g/mol. The molecule has 1 amide bonds. The molecule has 2 aromatic carbocycles. The van der Waals surface area contributed by atoms with Gasteiger partial charge in [0.25, 0.3) is 5.91 Å². The van der Waals surface area contributed by atoms with E-state index < -0.39 is 10.0 Å². The Kier molecular flexibility index (Phi) is 4.52. The molecule has 0 radical (unpaired) electrons. The van der Waals surface area contributed by atoms with Gasteiger partial charge in [0.05, 0.1) is 11.9 Å². The third-order valence-corrected chi connectivity index (χ3v) is 6.09. The number of carbonyl (C=O) groups is 1. The number of phenolic OH excluding ortho intramolecular Hbond substituents is 1. The molecule has 0 unspecified atom stereocenters. The molecule has 2 aromatic rings. The summed E-state index contributed by atoms with van der Waals surface area (Å²) in [5.41, 5.74) is 1.88. The van der Waals surface area contributed by atoms with Crippen LogP contribution in [0.3, 0.4) is 0 Å². The van der Waals surface area contributed by atoms with Crippen LogP contribution in [0.15, 0.2) is 40.9 Å². The van der Waals surface area contributed by atoms with Gasteiger partial charge >= 0.3 is 0 Å². The summed E-state index contributed by atoms with van der Waals surface area (Å²) in [6.07, 6.45) is 1.16. The van der Waals surface area contributed by atoms with Crippen LogP contribution in [0.1, 0.15) is 29.8 Å². The van der Waals surface area contributed by atoms with Crippen molar-refractivity contribution >= 4 is 43.2 Å². The molecule has 26 heavy (non-hydrogen) atoms. The van der Waals surface area contributed by atoms with Crippen molar-refractivity contribution in [2.75, 3.05) is 22.4 Å². The second-order valence-corrected chi connectivity index (χ2v) is 9.77. The van der Waals surface area contributed by atoms with Crippen molar-refractivity contribution in [2.24, 2.45) is 0 Å². The Morgan fingerprint density at radius 2 is 1.85 bits per heavy atom. The van der Waals surface area contributed by atoms with Crippen LogP contribution in [0.5, 0.6) is 5.75 Å². The zero-order chi connectivity index (χ0) is 19.3. The number of hydrogen-bond donors (Lipinski definition) is 2. The number of rotatable bonds is 3. The number of aromatic hydroxyl groups is 1.